The number of carbonyl (C=O) groups excluding carboxylic acids is 1. The first-order chi connectivity index (χ1) is 16.0. The fourth-order valence-electron chi connectivity index (χ4n) is 3.99. The van der Waals surface area contributed by atoms with Crippen LogP contribution in [0.3, 0.4) is 0 Å². The van der Waals surface area contributed by atoms with Gasteiger partial charge in [0.1, 0.15) is 18.2 Å². The third-order valence-electron chi connectivity index (χ3n) is 5.44. The van der Waals surface area contributed by atoms with Gasteiger partial charge in [0.2, 0.25) is 0 Å². The van der Waals surface area contributed by atoms with Crippen molar-refractivity contribution in [1.82, 2.24) is 5.32 Å². The maximum absolute atomic E-state index is 13.9. The minimum Gasteiger partial charge on any atom is -0.449 e. The number of halogens is 3. The molecule has 7 heteroatoms. The second-order valence-electron chi connectivity index (χ2n) is 7.47. The summed E-state index contributed by atoms with van der Waals surface area (Å²) in [6.07, 6.45) is 2.72. The Morgan fingerprint density at radius 1 is 0.970 bits per heavy atom. The molecule has 0 aliphatic heterocycles. The molecule has 4 rings (SSSR count). The molecular weight excluding hydrogens is 431 g/mol. The molecule has 3 aromatic carbocycles. The average Bonchev–Trinajstić information content (AvgIpc) is 3.12. The molecule has 33 heavy (non-hydrogen) atoms. The quantitative estimate of drug-likeness (QED) is 0.403. The summed E-state index contributed by atoms with van der Waals surface area (Å²) >= 11 is 0. The van der Waals surface area contributed by atoms with Gasteiger partial charge in [0.25, 0.3) is 0 Å². The number of fused-ring (bicyclic) bond motifs is 3. The summed E-state index contributed by atoms with van der Waals surface area (Å²) in [6, 6.07) is 19.9. The SMILES string of the molecule is O=C(NCCC=Cc1c(F)cccc1OC(F)F)OCC1c2ccccc2-c2ccccc21. The third kappa shape index (κ3) is 5.19. The Labute approximate surface area is 189 Å². The van der Waals surface area contributed by atoms with E-state index in [1.807, 2.05) is 36.4 Å². The standard InChI is InChI=1S/C26H22F3NO3/c27-23-13-7-14-24(33-25(28)29)21(23)12-5-6-15-30-26(31)32-16-22-19-10-3-1-8-17(19)18-9-2-4-11-20(18)22/h1-5,7-14,22,25H,6,15-16H2,(H,30,31). The molecule has 0 saturated heterocycles. The van der Waals surface area contributed by atoms with Crippen molar-refractivity contribution in [2.45, 2.75) is 19.0 Å². The summed E-state index contributed by atoms with van der Waals surface area (Å²) in [6.45, 7) is -2.60. The Bertz CT molecular complexity index is 1120. The van der Waals surface area contributed by atoms with Crippen LogP contribution in [0.5, 0.6) is 5.75 Å². The zero-order valence-electron chi connectivity index (χ0n) is 17.6. The van der Waals surface area contributed by atoms with Gasteiger partial charge in [-0.3, -0.25) is 0 Å². The number of alkyl halides is 2. The molecule has 0 radical (unpaired) electrons. The topological polar surface area (TPSA) is 47.6 Å². The summed E-state index contributed by atoms with van der Waals surface area (Å²) in [5, 5.41) is 2.64. The molecule has 1 aliphatic rings. The first kappa shape index (κ1) is 22.5. The fraction of sp³-hybridized carbons (Fsp3) is 0.192. The molecule has 0 spiro atoms. The van der Waals surface area contributed by atoms with Crippen LogP contribution in [0.25, 0.3) is 17.2 Å². The lowest BCUT2D eigenvalue weighted by atomic mass is 9.98. The van der Waals surface area contributed by atoms with E-state index in [4.69, 9.17) is 4.74 Å². The van der Waals surface area contributed by atoms with Crippen LogP contribution in [0, 0.1) is 5.82 Å². The smallest absolute Gasteiger partial charge is 0.407 e. The second-order valence-corrected chi connectivity index (χ2v) is 7.47. The van der Waals surface area contributed by atoms with Crippen LogP contribution in [0.4, 0.5) is 18.0 Å². The number of hydrogen-bond acceptors (Lipinski definition) is 3. The summed E-state index contributed by atoms with van der Waals surface area (Å²) < 4.78 is 48.7. The number of rotatable bonds is 8. The van der Waals surface area contributed by atoms with Crippen molar-refractivity contribution < 1.29 is 27.4 Å². The highest BCUT2D eigenvalue weighted by Crippen LogP contribution is 2.44. The number of alkyl carbamates (subject to hydrolysis) is 1. The Hall–Kier alpha value is -3.74. The summed E-state index contributed by atoms with van der Waals surface area (Å²) in [4.78, 5) is 12.2. The average molecular weight is 453 g/mol. The summed E-state index contributed by atoms with van der Waals surface area (Å²) in [5.74, 6) is -0.947. The molecule has 0 atom stereocenters. The number of ether oxygens (including phenoxy) is 2. The maximum Gasteiger partial charge on any atom is 0.407 e. The van der Waals surface area contributed by atoms with Crippen LogP contribution < -0.4 is 10.1 Å². The van der Waals surface area contributed by atoms with Crippen molar-refractivity contribution in [2.24, 2.45) is 0 Å². The fourth-order valence-corrected chi connectivity index (χ4v) is 3.99. The van der Waals surface area contributed by atoms with Crippen LogP contribution in [-0.2, 0) is 4.74 Å². The molecule has 170 valence electrons. The van der Waals surface area contributed by atoms with Gasteiger partial charge in [-0.1, -0.05) is 66.7 Å². The van der Waals surface area contributed by atoms with Crippen molar-refractivity contribution in [3.8, 4) is 16.9 Å². The normalized spacial score (nSPS) is 12.6. The largest absolute Gasteiger partial charge is 0.449 e. The highest BCUT2D eigenvalue weighted by molar-refractivity contribution is 5.79. The van der Waals surface area contributed by atoms with Crippen molar-refractivity contribution >= 4 is 12.2 Å². The van der Waals surface area contributed by atoms with Crippen molar-refractivity contribution in [1.29, 1.82) is 0 Å². The van der Waals surface area contributed by atoms with Gasteiger partial charge in [-0.2, -0.15) is 8.78 Å². The predicted molar refractivity (Wildman–Crippen MR) is 120 cm³/mol. The van der Waals surface area contributed by atoms with Crippen LogP contribution in [0.1, 0.15) is 29.0 Å². The van der Waals surface area contributed by atoms with Crippen LogP contribution >= 0.6 is 0 Å². The van der Waals surface area contributed by atoms with E-state index in [0.717, 1.165) is 28.3 Å². The van der Waals surface area contributed by atoms with E-state index < -0.39 is 18.5 Å². The molecule has 3 aromatic rings. The predicted octanol–water partition coefficient (Wildman–Crippen LogP) is 6.37. The molecular formula is C26H22F3NO3. The summed E-state index contributed by atoms with van der Waals surface area (Å²) in [7, 11) is 0. The minimum absolute atomic E-state index is 0.0302. The van der Waals surface area contributed by atoms with Gasteiger partial charge in [-0.25, -0.2) is 9.18 Å². The minimum atomic E-state index is -3.05. The van der Waals surface area contributed by atoms with Crippen molar-refractivity contribution in [2.75, 3.05) is 13.2 Å². The zero-order chi connectivity index (χ0) is 23.2. The molecule has 4 nitrogen and oxygen atoms in total. The van der Waals surface area contributed by atoms with E-state index in [1.165, 1.54) is 18.2 Å². The van der Waals surface area contributed by atoms with Gasteiger partial charge in [0, 0.05) is 12.5 Å². The number of benzene rings is 3. The van der Waals surface area contributed by atoms with Crippen molar-refractivity contribution in [3.63, 3.8) is 0 Å². The van der Waals surface area contributed by atoms with E-state index in [-0.39, 0.29) is 30.4 Å². The molecule has 0 aromatic heterocycles. The Kier molecular flexibility index (Phi) is 6.98. The number of nitrogens with one attached hydrogen (secondary N) is 1. The molecule has 1 aliphatic carbocycles. The maximum atomic E-state index is 13.9. The molecule has 1 amide bonds. The molecule has 0 unspecified atom stereocenters. The van der Waals surface area contributed by atoms with Gasteiger partial charge < -0.3 is 14.8 Å². The lowest BCUT2D eigenvalue weighted by molar-refractivity contribution is -0.0501. The molecule has 1 N–H and O–H groups in total. The lowest BCUT2D eigenvalue weighted by Crippen LogP contribution is -2.26. The lowest BCUT2D eigenvalue weighted by Gasteiger charge is -2.14. The van der Waals surface area contributed by atoms with Gasteiger partial charge in [0.05, 0.1) is 5.56 Å². The van der Waals surface area contributed by atoms with E-state index in [2.05, 4.69) is 22.2 Å². The second kappa shape index (κ2) is 10.3. The first-order valence-corrected chi connectivity index (χ1v) is 10.5. The third-order valence-corrected chi connectivity index (χ3v) is 5.44. The van der Waals surface area contributed by atoms with E-state index in [9.17, 15) is 18.0 Å². The van der Waals surface area contributed by atoms with Crippen molar-refractivity contribution in [3.05, 3.63) is 95.3 Å². The van der Waals surface area contributed by atoms with Gasteiger partial charge >= 0.3 is 12.7 Å². The Balaban J connectivity index is 1.29. The molecule has 0 bridgehead atoms. The monoisotopic (exact) mass is 453 g/mol. The van der Waals surface area contributed by atoms with Gasteiger partial charge in [-0.15, -0.1) is 0 Å². The number of amides is 1. The van der Waals surface area contributed by atoms with Crippen LogP contribution in [-0.4, -0.2) is 25.9 Å². The van der Waals surface area contributed by atoms with E-state index >= 15 is 0 Å². The highest BCUT2D eigenvalue weighted by Gasteiger charge is 2.28. The van der Waals surface area contributed by atoms with E-state index in [1.54, 1.807) is 6.08 Å². The molecule has 0 fully saturated rings. The molecule has 0 saturated carbocycles. The Morgan fingerprint density at radius 3 is 2.30 bits per heavy atom. The number of hydrogen-bond donors (Lipinski definition) is 1. The van der Waals surface area contributed by atoms with E-state index in [0.29, 0.717) is 6.42 Å². The summed E-state index contributed by atoms with van der Waals surface area (Å²) in [5.41, 5.74) is 4.48. The zero-order valence-corrected chi connectivity index (χ0v) is 17.6. The van der Waals surface area contributed by atoms with Crippen LogP contribution in [0.15, 0.2) is 72.8 Å². The highest BCUT2D eigenvalue weighted by atomic mass is 19.3. The van der Waals surface area contributed by atoms with Crippen LogP contribution in [0.2, 0.25) is 0 Å². The molecule has 0 heterocycles. The first-order valence-electron chi connectivity index (χ1n) is 10.5. The van der Waals surface area contributed by atoms with Gasteiger partial charge in [0.15, 0.2) is 0 Å². The Morgan fingerprint density at radius 2 is 1.64 bits per heavy atom. The van der Waals surface area contributed by atoms with Gasteiger partial charge in [-0.05, 0) is 40.8 Å². The number of carbonyl (C=O) groups is 1.